The molecule has 3 aromatic rings. The maximum Gasteiger partial charge on any atom is 0.262 e. The third-order valence-electron chi connectivity index (χ3n) is 4.34. The molecule has 8 heteroatoms. The summed E-state index contributed by atoms with van der Waals surface area (Å²) in [6.07, 6.45) is 1.59. The van der Waals surface area contributed by atoms with Crippen LogP contribution in [0.5, 0.6) is 11.5 Å². The number of nitrogens with one attached hydrogen (secondary N) is 2. The van der Waals surface area contributed by atoms with E-state index in [2.05, 4.69) is 46.8 Å². The zero-order valence-corrected chi connectivity index (χ0v) is 19.0. The Morgan fingerprint density at radius 1 is 1.00 bits per heavy atom. The number of carbonyl (C=O) groups is 2. The van der Waals surface area contributed by atoms with E-state index in [1.165, 1.54) is 19.6 Å². The molecule has 166 valence electrons. The number of pyridine rings is 1. The topological polar surface area (TPSA) is 89.6 Å². The smallest absolute Gasteiger partial charge is 0.262 e. The number of rotatable bonds is 9. The third-order valence-corrected chi connectivity index (χ3v) is 5.39. The predicted octanol–water partition coefficient (Wildman–Crippen LogP) is 4.67. The third kappa shape index (κ3) is 7.02. The van der Waals surface area contributed by atoms with Crippen molar-refractivity contribution in [1.29, 1.82) is 0 Å². The van der Waals surface area contributed by atoms with Gasteiger partial charge < -0.3 is 20.1 Å². The van der Waals surface area contributed by atoms with Gasteiger partial charge in [0.15, 0.2) is 18.1 Å². The summed E-state index contributed by atoms with van der Waals surface area (Å²) in [5, 5.41) is 5.43. The molecule has 0 atom stereocenters. The first-order valence-electron chi connectivity index (χ1n) is 9.95. The van der Waals surface area contributed by atoms with Crippen LogP contribution in [-0.4, -0.2) is 30.5 Å². The molecule has 0 aliphatic heterocycles. The quantitative estimate of drug-likeness (QED) is 0.460. The number of anilines is 2. The maximum atomic E-state index is 12.4. The van der Waals surface area contributed by atoms with Crippen LogP contribution < -0.4 is 20.1 Å². The summed E-state index contributed by atoms with van der Waals surface area (Å²) in [6.45, 7) is 3.28. The lowest BCUT2D eigenvalue weighted by atomic mass is 10.2. The highest BCUT2D eigenvalue weighted by Gasteiger charge is 2.11. The number of hydrogen-bond acceptors (Lipinski definition) is 6. The lowest BCUT2D eigenvalue weighted by molar-refractivity contribution is -0.118. The van der Waals surface area contributed by atoms with Gasteiger partial charge in [-0.25, -0.2) is 0 Å². The van der Waals surface area contributed by atoms with E-state index in [-0.39, 0.29) is 18.4 Å². The molecule has 0 saturated heterocycles. The van der Waals surface area contributed by atoms with E-state index in [9.17, 15) is 9.59 Å². The number of methoxy groups -OCH3 is 1. The molecule has 0 radical (unpaired) electrons. The van der Waals surface area contributed by atoms with E-state index in [4.69, 9.17) is 9.47 Å². The highest BCUT2D eigenvalue weighted by Crippen LogP contribution is 2.29. The van der Waals surface area contributed by atoms with Gasteiger partial charge in [0, 0.05) is 35.0 Å². The second kappa shape index (κ2) is 11.2. The zero-order valence-electron chi connectivity index (χ0n) is 18.2. The normalized spacial score (nSPS) is 10.3. The first-order valence-corrected chi connectivity index (χ1v) is 10.9. The number of hydrogen-bond donors (Lipinski definition) is 2. The number of ether oxygens (including phenoxy) is 2. The highest BCUT2D eigenvalue weighted by molar-refractivity contribution is 7.98. The molecule has 7 nitrogen and oxygen atoms in total. The van der Waals surface area contributed by atoms with Gasteiger partial charge in [0.2, 0.25) is 5.91 Å². The Labute approximate surface area is 191 Å². The SMILES string of the molecule is COc1cnc(CSc2ccc(C)cc2)cc1OCC(=O)Nc1cccc(NC(C)=O)c1. The summed E-state index contributed by atoms with van der Waals surface area (Å²) in [6, 6.07) is 17.0. The average molecular weight is 452 g/mol. The lowest BCUT2D eigenvalue weighted by Gasteiger charge is -2.12. The fourth-order valence-electron chi connectivity index (χ4n) is 2.82. The van der Waals surface area contributed by atoms with Gasteiger partial charge >= 0.3 is 0 Å². The van der Waals surface area contributed by atoms with Gasteiger partial charge in [0.1, 0.15) is 0 Å². The van der Waals surface area contributed by atoms with Crippen LogP contribution in [0.4, 0.5) is 11.4 Å². The van der Waals surface area contributed by atoms with Crippen LogP contribution in [0.3, 0.4) is 0 Å². The van der Waals surface area contributed by atoms with E-state index in [0.29, 0.717) is 28.6 Å². The Kier molecular flexibility index (Phi) is 8.10. The second-order valence-electron chi connectivity index (χ2n) is 7.03. The van der Waals surface area contributed by atoms with Crippen LogP contribution >= 0.6 is 11.8 Å². The van der Waals surface area contributed by atoms with Crippen LogP contribution in [0.1, 0.15) is 18.2 Å². The van der Waals surface area contributed by atoms with Crippen molar-refractivity contribution in [3.05, 3.63) is 72.1 Å². The zero-order chi connectivity index (χ0) is 22.9. The summed E-state index contributed by atoms with van der Waals surface area (Å²) in [7, 11) is 1.53. The van der Waals surface area contributed by atoms with Gasteiger partial charge in [0.25, 0.3) is 5.91 Å². The van der Waals surface area contributed by atoms with Gasteiger partial charge in [-0.2, -0.15) is 0 Å². The minimum absolute atomic E-state index is 0.182. The first-order chi connectivity index (χ1) is 15.4. The summed E-state index contributed by atoms with van der Waals surface area (Å²) in [5.41, 5.74) is 3.19. The van der Waals surface area contributed by atoms with E-state index in [0.717, 1.165) is 10.6 Å². The Hall–Kier alpha value is -3.52. The van der Waals surface area contributed by atoms with Gasteiger partial charge in [-0.3, -0.25) is 14.6 Å². The fraction of sp³-hybridized carbons (Fsp3) is 0.208. The molecule has 3 rings (SSSR count). The van der Waals surface area contributed by atoms with E-state index < -0.39 is 0 Å². The average Bonchev–Trinajstić information content (AvgIpc) is 2.77. The van der Waals surface area contributed by atoms with Gasteiger partial charge in [0.05, 0.1) is 19.0 Å². The molecule has 0 bridgehead atoms. The van der Waals surface area contributed by atoms with Gasteiger partial charge in [-0.1, -0.05) is 23.8 Å². The Morgan fingerprint density at radius 2 is 1.72 bits per heavy atom. The molecule has 32 heavy (non-hydrogen) atoms. The Balaban J connectivity index is 1.59. The molecule has 2 amide bonds. The summed E-state index contributed by atoms with van der Waals surface area (Å²) < 4.78 is 11.0. The van der Waals surface area contributed by atoms with Crippen LogP contribution in [0, 0.1) is 6.92 Å². The van der Waals surface area contributed by atoms with E-state index in [1.54, 1.807) is 48.3 Å². The van der Waals surface area contributed by atoms with Crippen molar-refractivity contribution in [3.63, 3.8) is 0 Å². The molecule has 2 aromatic carbocycles. The monoisotopic (exact) mass is 451 g/mol. The number of aromatic nitrogens is 1. The molecule has 1 aromatic heterocycles. The molecular weight excluding hydrogens is 426 g/mol. The van der Waals surface area contributed by atoms with Gasteiger partial charge in [-0.05, 0) is 37.3 Å². The van der Waals surface area contributed by atoms with E-state index in [1.807, 2.05) is 0 Å². The molecule has 1 heterocycles. The summed E-state index contributed by atoms with van der Waals surface area (Å²) in [4.78, 5) is 29.1. The van der Waals surface area contributed by atoms with Crippen molar-refractivity contribution in [2.24, 2.45) is 0 Å². The maximum absolute atomic E-state index is 12.4. The molecule has 2 N–H and O–H groups in total. The standard InChI is InChI=1S/C24H25N3O4S/c1-16-7-9-21(10-8-16)32-15-20-12-22(23(30-3)13-25-20)31-14-24(29)27-19-6-4-5-18(11-19)26-17(2)28/h4-13H,14-15H2,1-3H3,(H,26,28)(H,27,29). The fourth-order valence-corrected chi connectivity index (χ4v) is 3.62. The molecule has 0 spiro atoms. The number of amides is 2. The second-order valence-corrected chi connectivity index (χ2v) is 8.08. The molecule has 0 fully saturated rings. The molecule has 0 unspecified atom stereocenters. The van der Waals surface area contributed by atoms with Crippen LogP contribution in [-0.2, 0) is 15.3 Å². The van der Waals surface area contributed by atoms with Crippen LogP contribution in [0.25, 0.3) is 0 Å². The van der Waals surface area contributed by atoms with Crippen LogP contribution in [0.2, 0.25) is 0 Å². The number of aryl methyl sites for hydroxylation is 1. The largest absolute Gasteiger partial charge is 0.491 e. The number of carbonyl (C=O) groups excluding carboxylic acids is 2. The van der Waals surface area contributed by atoms with E-state index >= 15 is 0 Å². The highest BCUT2D eigenvalue weighted by atomic mass is 32.2. The molecule has 0 saturated carbocycles. The Bertz CT molecular complexity index is 1090. The number of nitrogens with zero attached hydrogens (tertiary/aromatic N) is 1. The predicted molar refractivity (Wildman–Crippen MR) is 126 cm³/mol. The lowest BCUT2D eigenvalue weighted by Crippen LogP contribution is -2.20. The van der Waals surface area contributed by atoms with Crippen molar-refractivity contribution in [3.8, 4) is 11.5 Å². The van der Waals surface area contributed by atoms with Crippen molar-refractivity contribution in [2.45, 2.75) is 24.5 Å². The number of thioether (sulfide) groups is 1. The van der Waals surface area contributed by atoms with Crippen molar-refractivity contribution >= 4 is 35.0 Å². The summed E-state index contributed by atoms with van der Waals surface area (Å²) in [5.74, 6) is 1.04. The van der Waals surface area contributed by atoms with Gasteiger partial charge in [-0.15, -0.1) is 11.8 Å². The molecular formula is C24H25N3O4S. The van der Waals surface area contributed by atoms with Crippen LogP contribution in [0.15, 0.2) is 65.7 Å². The minimum atomic E-state index is -0.334. The first kappa shape index (κ1) is 23.1. The number of benzene rings is 2. The molecule has 0 aliphatic rings. The molecule has 0 aliphatic carbocycles. The van der Waals surface area contributed by atoms with Crippen molar-refractivity contribution in [2.75, 3.05) is 24.4 Å². The summed E-state index contributed by atoms with van der Waals surface area (Å²) >= 11 is 1.67. The Morgan fingerprint density at radius 3 is 2.41 bits per heavy atom. The van der Waals surface area contributed by atoms with Crippen molar-refractivity contribution < 1.29 is 19.1 Å². The minimum Gasteiger partial charge on any atom is -0.491 e. The van der Waals surface area contributed by atoms with Crippen molar-refractivity contribution in [1.82, 2.24) is 4.98 Å².